The van der Waals surface area contributed by atoms with Crippen molar-refractivity contribution in [1.29, 1.82) is 0 Å². The van der Waals surface area contributed by atoms with Gasteiger partial charge in [0.1, 0.15) is 5.76 Å². The number of nitrogens with zero attached hydrogens (tertiary/aromatic N) is 3. The first kappa shape index (κ1) is 16.0. The van der Waals surface area contributed by atoms with Crippen molar-refractivity contribution in [3.8, 4) is 22.8 Å². The topological polar surface area (TPSA) is 73.8 Å². The Bertz CT molecular complexity index is 1020. The summed E-state index contributed by atoms with van der Waals surface area (Å²) in [4.78, 5) is 8.92. The molecule has 4 rings (SSSR count). The van der Waals surface area contributed by atoms with Crippen molar-refractivity contribution in [1.82, 2.24) is 14.4 Å². The Morgan fingerprint density at radius 1 is 1.12 bits per heavy atom. The molecule has 1 aromatic carbocycles. The molecular formula is C19H18N4O3. The molecular weight excluding hydrogens is 332 g/mol. The van der Waals surface area contributed by atoms with Crippen LogP contribution < -0.4 is 14.8 Å². The van der Waals surface area contributed by atoms with Crippen LogP contribution in [0.15, 0.2) is 59.6 Å². The lowest BCUT2D eigenvalue weighted by Gasteiger charge is -2.10. The molecule has 3 heterocycles. The summed E-state index contributed by atoms with van der Waals surface area (Å²) < 4.78 is 18.0. The van der Waals surface area contributed by atoms with Gasteiger partial charge < -0.3 is 19.2 Å². The zero-order valence-corrected chi connectivity index (χ0v) is 14.5. The van der Waals surface area contributed by atoms with Crippen LogP contribution in [0.3, 0.4) is 0 Å². The fourth-order valence-electron chi connectivity index (χ4n) is 2.84. The molecule has 0 bridgehead atoms. The molecule has 7 nitrogen and oxygen atoms in total. The van der Waals surface area contributed by atoms with Gasteiger partial charge in [0, 0.05) is 18.0 Å². The minimum Gasteiger partial charge on any atom is -0.493 e. The molecule has 0 atom stereocenters. The number of hydrogen-bond acceptors (Lipinski definition) is 6. The van der Waals surface area contributed by atoms with E-state index in [1.54, 1.807) is 26.7 Å². The van der Waals surface area contributed by atoms with E-state index in [4.69, 9.17) is 13.9 Å². The highest BCUT2D eigenvalue weighted by Crippen LogP contribution is 2.33. The maximum Gasteiger partial charge on any atom is 0.180 e. The second-order valence-electron chi connectivity index (χ2n) is 5.62. The second-order valence-corrected chi connectivity index (χ2v) is 5.62. The van der Waals surface area contributed by atoms with E-state index >= 15 is 0 Å². The Morgan fingerprint density at radius 2 is 2.00 bits per heavy atom. The number of nitrogens with one attached hydrogen (secondary N) is 1. The molecule has 0 spiro atoms. The first-order valence-electron chi connectivity index (χ1n) is 8.11. The minimum absolute atomic E-state index is 0.540. The summed E-state index contributed by atoms with van der Waals surface area (Å²) in [5.74, 6) is 2.88. The van der Waals surface area contributed by atoms with Crippen LogP contribution >= 0.6 is 0 Å². The van der Waals surface area contributed by atoms with Crippen molar-refractivity contribution in [2.45, 2.75) is 6.54 Å². The summed E-state index contributed by atoms with van der Waals surface area (Å²) in [5, 5.41) is 3.26. The van der Waals surface area contributed by atoms with Crippen molar-refractivity contribution in [2.75, 3.05) is 19.5 Å². The van der Waals surface area contributed by atoms with Crippen molar-refractivity contribution >= 4 is 11.5 Å². The molecule has 0 amide bonds. The van der Waals surface area contributed by atoms with Gasteiger partial charge in [0.05, 0.1) is 38.9 Å². The number of aromatic nitrogens is 3. The minimum atomic E-state index is 0.540. The quantitative estimate of drug-likeness (QED) is 0.572. The van der Waals surface area contributed by atoms with E-state index in [1.165, 1.54) is 0 Å². The summed E-state index contributed by atoms with van der Waals surface area (Å²) in [7, 11) is 3.24. The molecule has 0 saturated carbocycles. The van der Waals surface area contributed by atoms with Crippen LogP contribution in [0.2, 0.25) is 0 Å². The van der Waals surface area contributed by atoms with Gasteiger partial charge in [0.15, 0.2) is 23.0 Å². The smallest absolute Gasteiger partial charge is 0.180 e. The van der Waals surface area contributed by atoms with E-state index < -0.39 is 0 Å². The molecule has 1 N–H and O–H groups in total. The molecule has 0 fully saturated rings. The van der Waals surface area contributed by atoms with Gasteiger partial charge in [-0.2, -0.15) is 0 Å². The summed E-state index contributed by atoms with van der Waals surface area (Å²) in [6.07, 6.45) is 7.09. The van der Waals surface area contributed by atoms with Crippen molar-refractivity contribution < 1.29 is 13.9 Å². The van der Waals surface area contributed by atoms with Gasteiger partial charge in [-0.3, -0.25) is 4.40 Å². The van der Waals surface area contributed by atoms with Gasteiger partial charge in [-0.15, -0.1) is 0 Å². The number of imidazole rings is 1. The maximum atomic E-state index is 5.40. The molecule has 3 aromatic heterocycles. The van der Waals surface area contributed by atoms with Crippen LogP contribution in [0.25, 0.3) is 16.9 Å². The van der Waals surface area contributed by atoms with Crippen LogP contribution in [0.1, 0.15) is 5.76 Å². The fourth-order valence-corrected chi connectivity index (χ4v) is 2.84. The highest BCUT2D eigenvalue weighted by molar-refractivity contribution is 5.72. The number of methoxy groups -OCH3 is 2. The molecule has 0 aliphatic rings. The number of fused-ring (bicyclic) bond motifs is 1. The number of rotatable bonds is 6. The second kappa shape index (κ2) is 6.79. The Hall–Kier alpha value is -3.48. The molecule has 4 aromatic rings. The van der Waals surface area contributed by atoms with Gasteiger partial charge in [-0.05, 0) is 30.3 Å². The molecule has 0 aliphatic heterocycles. The molecule has 7 heteroatoms. The monoisotopic (exact) mass is 350 g/mol. The zero-order valence-electron chi connectivity index (χ0n) is 14.5. The first-order chi connectivity index (χ1) is 12.8. The fraction of sp³-hybridized carbons (Fsp3) is 0.158. The average Bonchev–Trinajstić information content (AvgIpc) is 3.35. The predicted molar refractivity (Wildman–Crippen MR) is 97.6 cm³/mol. The Labute approximate surface area is 150 Å². The highest BCUT2D eigenvalue weighted by atomic mass is 16.5. The number of furan rings is 1. The Morgan fingerprint density at radius 3 is 2.77 bits per heavy atom. The third-order valence-electron chi connectivity index (χ3n) is 4.12. The van der Waals surface area contributed by atoms with Gasteiger partial charge in [0.2, 0.25) is 0 Å². The van der Waals surface area contributed by atoms with Gasteiger partial charge in [0.25, 0.3) is 0 Å². The van der Waals surface area contributed by atoms with E-state index in [0.29, 0.717) is 23.9 Å². The molecule has 132 valence electrons. The van der Waals surface area contributed by atoms with Crippen molar-refractivity contribution in [3.05, 3.63) is 60.9 Å². The predicted octanol–water partition coefficient (Wildman–Crippen LogP) is 3.62. The van der Waals surface area contributed by atoms with E-state index in [2.05, 4.69) is 15.3 Å². The lowest BCUT2D eigenvalue weighted by molar-refractivity contribution is 0.355. The number of hydrogen-bond donors (Lipinski definition) is 1. The largest absolute Gasteiger partial charge is 0.493 e. The summed E-state index contributed by atoms with van der Waals surface area (Å²) in [6, 6.07) is 9.55. The zero-order chi connectivity index (χ0) is 17.9. The summed E-state index contributed by atoms with van der Waals surface area (Å²) >= 11 is 0. The van der Waals surface area contributed by atoms with Crippen LogP contribution in [-0.2, 0) is 6.54 Å². The van der Waals surface area contributed by atoms with Gasteiger partial charge in [-0.1, -0.05) is 0 Å². The van der Waals surface area contributed by atoms with E-state index in [9.17, 15) is 0 Å². The van der Waals surface area contributed by atoms with Crippen LogP contribution in [0.5, 0.6) is 11.5 Å². The standard InChI is InChI=1S/C19H18N4O3/c1-24-16-6-5-13(10-17(16)25-2)15-12-22-19-18(20-7-8-23(15)19)21-11-14-4-3-9-26-14/h3-10,12H,11H2,1-2H3,(H,20,21). The van der Waals surface area contributed by atoms with E-state index in [1.807, 2.05) is 47.1 Å². The third-order valence-corrected chi connectivity index (χ3v) is 4.12. The molecule has 26 heavy (non-hydrogen) atoms. The Kier molecular flexibility index (Phi) is 4.18. The van der Waals surface area contributed by atoms with Crippen molar-refractivity contribution in [2.24, 2.45) is 0 Å². The molecule has 0 radical (unpaired) electrons. The lowest BCUT2D eigenvalue weighted by Crippen LogP contribution is -2.03. The Balaban J connectivity index is 1.70. The molecule has 0 unspecified atom stereocenters. The number of ether oxygens (including phenoxy) is 2. The van der Waals surface area contributed by atoms with Crippen LogP contribution in [0.4, 0.5) is 5.82 Å². The first-order valence-corrected chi connectivity index (χ1v) is 8.11. The summed E-state index contributed by atoms with van der Waals surface area (Å²) in [6.45, 7) is 0.540. The number of benzene rings is 1. The van der Waals surface area contributed by atoms with Crippen LogP contribution in [0, 0.1) is 0 Å². The van der Waals surface area contributed by atoms with Crippen LogP contribution in [-0.4, -0.2) is 28.6 Å². The lowest BCUT2D eigenvalue weighted by atomic mass is 10.1. The number of anilines is 1. The van der Waals surface area contributed by atoms with E-state index in [-0.39, 0.29) is 0 Å². The SMILES string of the molecule is COc1ccc(-c2cnc3c(NCc4ccco4)nccn23)cc1OC. The maximum absolute atomic E-state index is 5.40. The van der Waals surface area contributed by atoms with E-state index in [0.717, 1.165) is 22.7 Å². The summed E-state index contributed by atoms with van der Waals surface area (Å²) in [5.41, 5.74) is 2.64. The van der Waals surface area contributed by atoms with Crippen molar-refractivity contribution in [3.63, 3.8) is 0 Å². The third kappa shape index (κ3) is 2.83. The average molecular weight is 350 g/mol. The van der Waals surface area contributed by atoms with Gasteiger partial charge >= 0.3 is 0 Å². The van der Waals surface area contributed by atoms with Gasteiger partial charge in [-0.25, -0.2) is 9.97 Å². The normalized spacial score (nSPS) is 10.8. The highest BCUT2D eigenvalue weighted by Gasteiger charge is 2.13. The molecule has 0 aliphatic carbocycles. The molecule has 0 saturated heterocycles.